The van der Waals surface area contributed by atoms with E-state index in [1.807, 2.05) is 6.42 Å². The Morgan fingerprint density at radius 2 is 2.18 bits per heavy atom. The maximum Gasteiger partial charge on any atom is 0.0694 e. The molecule has 0 aromatic heterocycles. The first-order valence-corrected chi connectivity index (χ1v) is 4.17. The van der Waals surface area contributed by atoms with E-state index in [0.717, 1.165) is 13.0 Å². The number of aliphatic hydroxyl groups excluding tert-OH is 1. The van der Waals surface area contributed by atoms with Crippen molar-refractivity contribution in [2.45, 2.75) is 26.3 Å². The lowest BCUT2D eigenvalue weighted by atomic mass is 10.1. The van der Waals surface area contributed by atoms with E-state index in [1.54, 1.807) is 0 Å². The van der Waals surface area contributed by atoms with Gasteiger partial charge in [0.2, 0.25) is 0 Å². The van der Waals surface area contributed by atoms with Crippen LogP contribution in [0.4, 0.5) is 0 Å². The number of unbranched alkanes of at least 4 members (excludes halogenated alkanes) is 1. The van der Waals surface area contributed by atoms with Crippen LogP contribution >= 0.6 is 0 Å². The first-order chi connectivity index (χ1) is 5.22. The first-order valence-electron chi connectivity index (χ1n) is 4.17. The molecule has 0 aliphatic heterocycles. The van der Waals surface area contributed by atoms with E-state index in [-0.39, 0.29) is 12.6 Å². The fourth-order valence-electron chi connectivity index (χ4n) is 0.882. The normalized spacial score (nSPS) is 13.5. The number of hydrogen-bond donors (Lipinski definition) is 2. The quantitative estimate of drug-likeness (QED) is 0.446. The minimum absolute atomic E-state index is 0.217. The van der Waals surface area contributed by atoms with Crippen LogP contribution in [-0.2, 0) is 0 Å². The predicted octanol–water partition coefficient (Wildman–Crippen LogP) is 1.02. The van der Waals surface area contributed by atoms with Crippen LogP contribution in [0.25, 0.3) is 0 Å². The highest BCUT2D eigenvalue weighted by atomic mass is 16.3. The molecule has 0 aromatic carbocycles. The van der Waals surface area contributed by atoms with Crippen LogP contribution in [0.1, 0.15) is 20.3 Å². The van der Waals surface area contributed by atoms with Gasteiger partial charge < -0.3 is 10.4 Å². The van der Waals surface area contributed by atoms with Crippen molar-refractivity contribution in [1.82, 2.24) is 5.32 Å². The summed E-state index contributed by atoms with van der Waals surface area (Å²) in [5.74, 6) is 0.491. The van der Waals surface area contributed by atoms with Gasteiger partial charge in [0.1, 0.15) is 0 Å². The van der Waals surface area contributed by atoms with E-state index in [0.29, 0.717) is 5.92 Å². The zero-order valence-electron chi connectivity index (χ0n) is 7.51. The highest BCUT2D eigenvalue weighted by Crippen LogP contribution is 1.99. The van der Waals surface area contributed by atoms with Gasteiger partial charge in [0, 0.05) is 12.6 Å². The summed E-state index contributed by atoms with van der Waals surface area (Å²) >= 11 is 0. The number of aliphatic hydroxyl groups is 1. The Kier molecular flexibility index (Phi) is 6.37. The Bertz CT molecular complexity index is 83.6. The topological polar surface area (TPSA) is 32.3 Å². The fourth-order valence-corrected chi connectivity index (χ4v) is 0.882. The summed E-state index contributed by atoms with van der Waals surface area (Å²) in [5.41, 5.74) is 0. The Hall–Kier alpha value is -0.210. The lowest BCUT2D eigenvalue weighted by Crippen LogP contribution is -2.37. The number of rotatable bonds is 6. The molecule has 0 aliphatic rings. The largest absolute Gasteiger partial charge is 0.395 e. The van der Waals surface area contributed by atoms with Gasteiger partial charge in [-0.25, -0.2) is 0 Å². The van der Waals surface area contributed by atoms with Gasteiger partial charge in [-0.1, -0.05) is 20.3 Å². The van der Waals surface area contributed by atoms with Gasteiger partial charge in [0.05, 0.1) is 13.0 Å². The molecule has 0 aromatic rings. The third kappa shape index (κ3) is 5.10. The Morgan fingerprint density at radius 3 is 2.55 bits per heavy atom. The lowest BCUT2D eigenvalue weighted by Gasteiger charge is -2.18. The van der Waals surface area contributed by atoms with Crippen molar-refractivity contribution in [3.8, 4) is 0 Å². The highest BCUT2D eigenvalue weighted by Gasteiger charge is 2.09. The van der Waals surface area contributed by atoms with E-state index < -0.39 is 0 Å². The molecule has 0 heterocycles. The highest BCUT2D eigenvalue weighted by molar-refractivity contribution is 4.73. The molecule has 0 spiro atoms. The Morgan fingerprint density at radius 1 is 1.55 bits per heavy atom. The summed E-state index contributed by atoms with van der Waals surface area (Å²) < 4.78 is 0. The molecule has 0 bridgehead atoms. The number of nitrogens with one attached hydrogen (secondary N) is 1. The maximum atomic E-state index is 8.91. The summed E-state index contributed by atoms with van der Waals surface area (Å²) in [6.45, 7) is 8.95. The molecule has 1 unspecified atom stereocenters. The third-order valence-electron chi connectivity index (χ3n) is 1.76. The van der Waals surface area contributed by atoms with Crippen LogP contribution in [0.2, 0.25) is 0 Å². The van der Waals surface area contributed by atoms with Gasteiger partial charge in [0.25, 0.3) is 0 Å². The first kappa shape index (κ1) is 10.8. The average Bonchev–Trinajstić information content (AvgIpc) is 1.97. The lowest BCUT2D eigenvalue weighted by molar-refractivity contribution is 0.212. The van der Waals surface area contributed by atoms with Gasteiger partial charge in [-0.15, -0.1) is 6.92 Å². The van der Waals surface area contributed by atoms with Gasteiger partial charge in [-0.3, -0.25) is 0 Å². The zero-order valence-corrected chi connectivity index (χ0v) is 7.51. The summed E-state index contributed by atoms with van der Waals surface area (Å²) in [4.78, 5) is 0. The second-order valence-corrected chi connectivity index (χ2v) is 3.06. The van der Waals surface area contributed by atoms with E-state index in [2.05, 4.69) is 26.1 Å². The van der Waals surface area contributed by atoms with Crippen molar-refractivity contribution in [3.63, 3.8) is 0 Å². The van der Waals surface area contributed by atoms with E-state index in [1.165, 1.54) is 0 Å². The van der Waals surface area contributed by atoms with Crippen LogP contribution in [0, 0.1) is 19.3 Å². The average molecular weight is 157 g/mol. The van der Waals surface area contributed by atoms with Crippen molar-refractivity contribution in [1.29, 1.82) is 0 Å². The third-order valence-corrected chi connectivity index (χ3v) is 1.76. The molecule has 0 radical (unpaired) electrons. The summed E-state index contributed by atoms with van der Waals surface area (Å²) in [5, 5.41) is 12.2. The number of hydrogen-bond acceptors (Lipinski definition) is 2. The van der Waals surface area contributed by atoms with E-state index >= 15 is 0 Å². The molecule has 0 aliphatic carbocycles. The van der Waals surface area contributed by atoms with E-state index in [9.17, 15) is 0 Å². The standard InChI is InChI=1S/C9H19NO/c1-4-5-6-10-9(7-11)8(2)3/h4,8-11H,1,5-7H2,2-3H3. The van der Waals surface area contributed by atoms with Crippen LogP contribution < -0.4 is 5.32 Å². The van der Waals surface area contributed by atoms with Gasteiger partial charge >= 0.3 is 0 Å². The molecule has 2 heteroatoms. The molecule has 1 atom stereocenters. The summed E-state index contributed by atoms with van der Waals surface area (Å²) in [6.07, 6.45) is 2.84. The van der Waals surface area contributed by atoms with Crippen molar-refractivity contribution in [2.75, 3.05) is 13.2 Å². The van der Waals surface area contributed by atoms with Crippen molar-refractivity contribution in [2.24, 2.45) is 5.92 Å². The smallest absolute Gasteiger partial charge is 0.0694 e. The summed E-state index contributed by atoms with van der Waals surface area (Å²) in [7, 11) is 0. The minimum Gasteiger partial charge on any atom is -0.395 e. The molecule has 2 nitrogen and oxygen atoms in total. The molecule has 11 heavy (non-hydrogen) atoms. The Labute approximate surface area is 70.0 Å². The predicted molar refractivity (Wildman–Crippen MR) is 48.0 cm³/mol. The molecule has 0 rings (SSSR count). The molecule has 0 fully saturated rings. The molecule has 0 amide bonds. The monoisotopic (exact) mass is 157 g/mol. The second-order valence-electron chi connectivity index (χ2n) is 3.06. The van der Waals surface area contributed by atoms with Crippen LogP contribution in [0.15, 0.2) is 0 Å². The van der Waals surface area contributed by atoms with Crippen LogP contribution in [0.5, 0.6) is 0 Å². The molecule has 66 valence electrons. The van der Waals surface area contributed by atoms with Crippen molar-refractivity contribution >= 4 is 0 Å². The Balaban J connectivity index is 3.36. The summed E-state index contributed by atoms with van der Waals surface area (Å²) in [6, 6.07) is 0.231. The SMILES string of the molecule is [CH2-][CH+]CCNC(CO)C(C)C. The van der Waals surface area contributed by atoms with Gasteiger partial charge in [-0.05, 0) is 5.92 Å². The maximum absolute atomic E-state index is 8.91. The molecule has 2 N–H and O–H groups in total. The zero-order chi connectivity index (χ0) is 8.69. The van der Waals surface area contributed by atoms with Gasteiger partial charge in [0.15, 0.2) is 0 Å². The van der Waals surface area contributed by atoms with E-state index in [4.69, 9.17) is 5.11 Å². The minimum atomic E-state index is 0.217. The van der Waals surface area contributed by atoms with Crippen LogP contribution in [0.3, 0.4) is 0 Å². The fraction of sp³-hybridized carbons (Fsp3) is 0.778. The second kappa shape index (κ2) is 6.50. The molecular weight excluding hydrogens is 138 g/mol. The van der Waals surface area contributed by atoms with Crippen molar-refractivity contribution < 1.29 is 5.11 Å². The van der Waals surface area contributed by atoms with Gasteiger partial charge in [-0.2, -0.15) is 0 Å². The molecule has 0 saturated heterocycles. The van der Waals surface area contributed by atoms with Crippen LogP contribution in [-0.4, -0.2) is 24.3 Å². The van der Waals surface area contributed by atoms with Crippen molar-refractivity contribution in [3.05, 3.63) is 13.3 Å². The molecule has 0 saturated carbocycles. The molecular formula is C9H19NO.